The lowest BCUT2D eigenvalue weighted by Gasteiger charge is -2.17. The van der Waals surface area contributed by atoms with Crippen molar-refractivity contribution in [3.8, 4) is 11.5 Å². The number of anilines is 1. The first-order chi connectivity index (χ1) is 8.58. The molecule has 1 aromatic carbocycles. The zero-order chi connectivity index (χ0) is 13.1. The normalized spacial score (nSPS) is 12.1. The number of halogens is 1. The summed E-state index contributed by atoms with van der Waals surface area (Å²) < 4.78 is 12.7. The first-order valence-corrected chi connectivity index (χ1v) is 5.47. The SMILES string of the molecule is CC(Nc1ccc(F)nc1)c1c(O)cccc1O. The highest BCUT2D eigenvalue weighted by Crippen LogP contribution is 2.33. The third-order valence-corrected chi connectivity index (χ3v) is 2.60. The molecule has 0 aliphatic carbocycles. The zero-order valence-electron chi connectivity index (χ0n) is 9.76. The number of aromatic hydroxyl groups is 2. The molecular formula is C13H13FN2O2. The second-order valence-electron chi connectivity index (χ2n) is 3.95. The number of phenols is 2. The Hall–Kier alpha value is -2.30. The minimum atomic E-state index is -0.557. The number of phenolic OH excluding ortho intramolecular Hbond substituents is 2. The van der Waals surface area contributed by atoms with E-state index >= 15 is 0 Å². The minimum absolute atomic E-state index is 0.00470. The fraction of sp³-hybridized carbons (Fsp3) is 0.154. The van der Waals surface area contributed by atoms with Crippen molar-refractivity contribution in [1.82, 2.24) is 4.98 Å². The van der Waals surface area contributed by atoms with Gasteiger partial charge in [-0.05, 0) is 31.2 Å². The van der Waals surface area contributed by atoms with Crippen LogP contribution in [0.3, 0.4) is 0 Å². The van der Waals surface area contributed by atoms with Gasteiger partial charge in [0.15, 0.2) is 0 Å². The summed E-state index contributed by atoms with van der Waals surface area (Å²) >= 11 is 0. The molecule has 5 heteroatoms. The van der Waals surface area contributed by atoms with Crippen LogP contribution in [0.25, 0.3) is 0 Å². The number of nitrogens with zero attached hydrogens (tertiary/aromatic N) is 1. The highest BCUT2D eigenvalue weighted by molar-refractivity contribution is 5.50. The van der Waals surface area contributed by atoms with Gasteiger partial charge in [-0.3, -0.25) is 0 Å². The molecule has 2 rings (SSSR count). The molecule has 18 heavy (non-hydrogen) atoms. The van der Waals surface area contributed by atoms with Crippen LogP contribution in [0.4, 0.5) is 10.1 Å². The Kier molecular flexibility index (Phi) is 3.32. The number of nitrogens with one attached hydrogen (secondary N) is 1. The molecule has 0 aliphatic rings. The Balaban J connectivity index is 2.22. The van der Waals surface area contributed by atoms with E-state index in [0.717, 1.165) is 0 Å². The quantitative estimate of drug-likeness (QED) is 0.731. The molecule has 0 radical (unpaired) electrons. The highest BCUT2D eigenvalue weighted by atomic mass is 19.1. The largest absolute Gasteiger partial charge is 0.507 e. The molecule has 0 spiro atoms. The summed E-state index contributed by atoms with van der Waals surface area (Å²) in [5.41, 5.74) is 0.994. The standard InChI is InChI=1S/C13H13FN2O2/c1-8(13-10(17)3-2-4-11(13)18)16-9-5-6-12(14)15-7-9/h2-8,16-18H,1H3. The van der Waals surface area contributed by atoms with E-state index in [0.29, 0.717) is 11.3 Å². The van der Waals surface area contributed by atoms with Crippen molar-refractivity contribution in [1.29, 1.82) is 0 Å². The molecule has 94 valence electrons. The number of benzene rings is 1. The molecule has 1 unspecified atom stereocenters. The topological polar surface area (TPSA) is 65.4 Å². The van der Waals surface area contributed by atoms with Gasteiger partial charge in [0.05, 0.1) is 23.5 Å². The molecule has 2 aromatic rings. The van der Waals surface area contributed by atoms with Crippen molar-refractivity contribution in [3.05, 3.63) is 48.0 Å². The molecule has 1 heterocycles. The molecule has 4 nitrogen and oxygen atoms in total. The lowest BCUT2D eigenvalue weighted by Crippen LogP contribution is -2.07. The van der Waals surface area contributed by atoms with E-state index in [2.05, 4.69) is 10.3 Å². The van der Waals surface area contributed by atoms with Crippen LogP contribution < -0.4 is 5.32 Å². The van der Waals surface area contributed by atoms with Gasteiger partial charge in [-0.2, -0.15) is 4.39 Å². The maximum Gasteiger partial charge on any atom is 0.212 e. The van der Waals surface area contributed by atoms with E-state index in [-0.39, 0.29) is 17.5 Å². The van der Waals surface area contributed by atoms with Crippen molar-refractivity contribution in [2.45, 2.75) is 13.0 Å². The number of hydrogen-bond donors (Lipinski definition) is 3. The molecular weight excluding hydrogens is 235 g/mol. The smallest absolute Gasteiger partial charge is 0.212 e. The molecule has 0 bridgehead atoms. The van der Waals surface area contributed by atoms with Crippen molar-refractivity contribution >= 4 is 5.69 Å². The Morgan fingerprint density at radius 1 is 1.17 bits per heavy atom. The number of hydrogen-bond acceptors (Lipinski definition) is 4. The summed E-state index contributed by atoms with van der Waals surface area (Å²) in [4.78, 5) is 3.52. The number of pyridine rings is 1. The molecule has 1 aromatic heterocycles. The number of aromatic nitrogens is 1. The molecule has 0 saturated heterocycles. The maximum absolute atomic E-state index is 12.7. The minimum Gasteiger partial charge on any atom is -0.507 e. The van der Waals surface area contributed by atoms with E-state index in [4.69, 9.17) is 0 Å². The highest BCUT2D eigenvalue weighted by Gasteiger charge is 2.14. The summed E-state index contributed by atoms with van der Waals surface area (Å²) in [6.45, 7) is 1.78. The molecule has 0 amide bonds. The lowest BCUT2D eigenvalue weighted by atomic mass is 10.1. The second kappa shape index (κ2) is 4.91. The summed E-state index contributed by atoms with van der Waals surface area (Å²) in [5, 5.41) is 22.4. The fourth-order valence-electron chi connectivity index (χ4n) is 1.77. The molecule has 0 aliphatic heterocycles. The van der Waals surface area contributed by atoms with E-state index < -0.39 is 5.95 Å². The van der Waals surface area contributed by atoms with E-state index in [1.54, 1.807) is 13.0 Å². The van der Waals surface area contributed by atoms with Crippen LogP contribution in [0.1, 0.15) is 18.5 Å². The molecule has 3 N–H and O–H groups in total. The van der Waals surface area contributed by atoms with E-state index in [9.17, 15) is 14.6 Å². The lowest BCUT2D eigenvalue weighted by molar-refractivity contribution is 0.434. The van der Waals surface area contributed by atoms with Gasteiger partial charge < -0.3 is 15.5 Å². The fourth-order valence-corrected chi connectivity index (χ4v) is 1.77. The van der Waals surface area contributed by atoms with Crippen LogP contribution in [0.5, 0.6) is 11.5 Å². The van der Waals surface area contributed by atoms with Gasteiger partial charge in [0.2, 0.25) is 5.95 Å². The van der Waals surface area contributed by atoms with Crippen LogP contribution in [-0.2, 0) is 0 Å². The van der Waals surface area contributed by atoms with Crippen LogP contribution >= 0.6 is 0 Å². The third kappa shape index (κ3) is 2.51. The Bertz CT molecular complexity index is 523. The van der Waals surface area contributed by atoms with Crippen LogP contribution in [0.15, 0.2) is 36.5 Å². The molecule has 0 fully saturated rings. The van der Waals surface area contributed by atoms with Gasteiger partial charge in [0, 0.05) is 0 Å². The average Bonchev–Trinajstić information content (AvgIpc) is 2.32. The van der Waals surface area contributed by atoms with Gasteiger partial charge >= 0.3 is 0 Å². The maximum atomic E-state index is 12.7. The predicted molar refractivity (Wildman–Crippen MR) is 66.0 cm³/mol. The van der Waals surface area contributed by atoms with Gasteiger partial charge in [-0.25, -0.2) is 4.98 Å². The summed E-state index contributed by atoms with van der Waals surface area (Å²) in [6.07, 6.45) is 1.35. The summed E-state index contributed by atoms with van der Waals surface area (Å²) in [7, 11) is 0. The van der Waals surface area contributed by atoms with Crippen LogP contribution in [0.2, 0.25) is 0 Å². The first-order valence-electron chi connectivity index (χ1n) is 5.47. The predicted octanol–water partition coefficient (Wildman–Crippen LogP) is 2.81. The van der Waals surface area contributed by atoms with Crippen molar-refractivity contribution in [3.63, 3.8) is 0 Å². The zero-order valence-corrected chi connectivity index (χ0v) is 9.76. The van der Waals surface area contributed by atoms with Crippen LogP contribution in [-0.4, -0.2) is 15.2 Å². The van der Waals surface area contributed by atoms with Crippen molar-refractivity contribution in [2.24, 2.45) is 0 Å². The summed E-state index contributed by atoms with van der Waals surface area (Å²) in [6, 6.07) is 6.99. The van der Waals surface area contributed by atoms with E-state index in [1.165, 1.54) is 30.5 Å². The van der Waals surface area contributed by atoms with Crippen molar-refractivity contribution in [2.75, 3.05) is 5.32 Å². The van der Waals surface area contributed by atoms with Gasteiger partial charge in [-0.15, -0.1) is 0 Å². The monoisotopic (exact) mass is 248 g/mol. The van der Waals surface area contributed by atoms with Crippen LogP contribution in [0, 0.1) is 5.95 Å². The van der Waals surface area contributed by atoms with Gasteiger partial charge in [0.1, 0.15) is 11.5 Å². The summed E-state index contributed by atoms with van der Waals surface area (Å²) in [5.74, 6) is -0.547. The Labute approximate surface area is 104 Å². The van der Waals surface area contributed by atoms with E-state index in [1.807, 2.05) is 0 Å². The molecule has 0 saturated carbocycles. The Morgan fingerprint density at radius 2 is 1.83 bits per heavy atom. The van der Waals surface area contributed by atoms with Crippen molar-refractivity contribution < 1.29 is 14.6 Å². The molecule has 1 atom stereocenters. The Morgan fingerprint density at radius 3 is 2.39 bits per heavy atom. The number of rotatable bonds is 3. The average molecular weight is 248 g/mol. The van der Waals surface area contributed by atoms with Gasteiger partial charge in [0.25, 0.3) is 0 Å². The first kappa shape index (κ1) is 12.2. The third-order valence-electron chi connectivity index (χ3n) is 2.60. The van der Waals surface area contributed by atoms with Gasteiger partial charge in [-0.1, -0.05) is 6.07 Å². The second-order valence-corrected chi connectivity index (χ2v) is 3.95.